The fourth-order valence-corrected chi connectivity index (χ4v) is 2.23. The lowest BCUT2D eigenvalue weighted by Gasteiger charge is -2.19. The van der Waals surface area contributed by atoms with Gasteiger partial charge < -0.3 is 10.8 Å². The Hall–Kier alpha value is -2.60. The molecule has 0 saturated heterocycles. The number of nitrogens with zero attached hydrogens (tertiary/aromatic N) is 2. The van der Waals surface area contributed by atoms with Gasteiger partial charge in [0.15, 0.2) is 5.82 Å². The van der Waals surface area contributed by atoms with Gasteiger partial charge in [0.2, 0.25) is 0 Å². The summed E-state index contributed by atoms with van der Waals surface area (Å²) in [6.07, 6.45) is 1.94. The second kappa shape index (κ2) is 7.11. The fourth-order valence-electron chi connectivity index (χ4n) is 2.23. The third kappa shape index (κ3) is 3.78. The molecule has 0 fully saturated rings. The van der Waals surface area contributed by atoms with Crippen molar-refractivity contribution < 1.29 is 5.11 Å². The van der Waals surface area contributed by atoms with E-state index < -0.39 is 12.4 Å². The molecule has 3 aromatic rings. The van der Waals surface area contributed by atoms with Crippen LogP contribution in [0.2, 0.25) is 0 Å². The van der Waals surface area contributed by atoms with Crippen LogP contribution in [-0.4, -0.2) is 15.1 Å². The normalized spacial score (nSPS) is 13.5. The van der Waals surface area contributed by atoms with Crippen molar-refractivity contribution in [1.29, 1.82) is 0 Å². The van der Waals surface area contributed by atoms with E-state index in [0.29, 0.717) is 11.4 Å². The molecule has 5 heteroatoms. The largest absolute Gasteiger partial charge is 0.374 e. The summed E-state index contributed by atoms with van der Waals surface area (Å²) in [5.41, 5.74) is 8.48. The molecule has 116 valence electrons. The zero-order chi connectivity index (χ0) is 16.1. The summed E-state index contributed by atoms with van der Waals surface area (Å²) < 4.78 is 0. The van der Waals surface area contributed by atoms with Crippen molar-refractivity contribution in [2.24, 2.45) is 5.73 Å². The Bertz CT molecular complexity index is 732. The van der Waals surface area contributed by atoms with Crippen LogP contribution in [0.1, 0.15) is 23.5 Å². The molecule has 4 N–H and O–H groups in total. The van der Waals surface area contributed by atoms with E-state index in [2.05, 4.69) is 15.3 Å². The van der Waals surface area contributed by atoms with E-state index in [0.717, 1.165) is 11.1 Å². The summed E-state index contributed by atoms with van der Waals surface area (Å²) in [4.78, 5) is 8.67. The van der Waals surface area contributed by atoms with Crippen LogP contribution in [-0.2, 0) is 0 Å². The van der Waals surface area contributed by atoms with E-state index in [9.17, 15) is 5.11 Å². The fraction of sp³-hybridized carbons (Fsp3) is 0.111. The molecule has 0 spiro atoms. The summed E-state index contributed by atoms with van der Waals surface area (Å²) in [6.45, 7) is 0. The molecule has 2 aromatic carbocycles. The highest BCUT2D eigenvalue weighted by Gasteiger charge is 2.13. The molecular weight excluding hydrogens is 288 g/mol. The average Bonchev–Trinajstić information content (AvgIpc) is 2.63. The van der Waals surface area contributed by atoms with Gasteiger partial charge in [-0.05, 0) is 5.56 Å². The van der Waals surface area contributed by atoms with Gasteiger partial charge in [0.25, 0.3) is 0 Å². The predicted octanol–water partition coefficient (Wildman–Crippen LogP) is 2.38. The Kier molecular flexibility index (Phi) is 4.73. The van der Waals surface area contributed by atoms with E-state index in [-0.39, 0.29) is 0 Å². The van der Waals surface area contributed by atoms with Crippen molar-refractivity contribution in [3.8, 4) is 11.4 Å². The number of nitrogens with two attached hydrogens (primary N) is 1. The highest BCUT2D eigenvalue weighted by atomic mass is 16.3. The van der Waals surface area contributed by atoms with Gasteiger partial charge in [0.1, 0.15) is 6.23 Å². The maximum atomic E-state index is 10.2. The van der Waals surface area contributed by atoms with Crippen LogP contribution in [0.4, 0.5) is 0 Å². The molecule has 0 aliphatic carbocycles. The Morgan fingerprint density at radius 3 is 2.00 bits per heavy atom. The highest BCUT2D eigenvalue weighted by Crippen LogP contribution is 2.17. The molecule has 0 radical (unpaired) electrons. The number of hydrogen-bond donors (Lipinski definition) is 3. The lowest BCUT2D eigenvalue weighted by atomic mass is 10.1. The van der Waals surface area contributed by atoms with Crippen LogP contribution in [0.25, 0.3) is 11.4 Å². The van der Waals surface area contributed by atoms with E-state index in [4.69, 9.17) is 5.73 Å². The van der Waals surface area contributed by atoms with E-state index in [1.807, 2.05) is 60.7 Å². The SMILES string of the molecule is NC(NC(O)c1ccccc1)c1cnc(-c2ccccc2)nc1. The first-order valence-electron chi connectivity index (χ1n) is 7.36. The molecule has 2 atom stereocenters. The first-order valence-corrected chi connectivity index (χ1v) is 7.36. The smallest absolute Gasteiger partial charge is 0.159 e. The summed E-state index contributed by atoms with van der Waals surface area (Å²) in [5, 5.41) is 13.1. The zero-order valence-corrected chi connectivity index (χ0v) is 12.5. The molecule has 0 aliphatic rings. The first-order chi connectivity index (χ1) is 11.2. The lowest BCUT2D eigenvalue weighted by Crippen LogP contribution is -2.32. The topological polar surface area (TPSA) is 84.1 Å². The maximum absolute atomic E-state index is 10.2. The number of rotatable bonds is 5. The van der Waals surface area contributed by atoms with Crippen molar-refractivity contribution >= 4 is 0 Å². The summed E-state index contributed by atoms with van der Waals surface area (Å²) in [7, 11) is 0. The van der Waals surface area contributed by atoms with Crippen LogP contribution >= 0.6 is 0 Å². The van der Waals surface area contributed by atoms with Crippen LogP contribution in [0.5, 0.6) is 0 Å². The molecule has 1 heterocycles. The quantitative estimate of drug-likeness (QED) is 0.630. The van der Waals surface area contributed by atoms with Crippen LogP contribution in [0.3, 0.4) is 0 Å². The number of nitrogens with one attached hydrogen (secondary N) is 1. The van der Waals surface area contributed by atoms with E-state index in [1.54, 1.807) is 12.4 Å². The molecule has 2 unspecified atom stereocenters. The van der Waals surface area contributed by atoms with E-state index in [1.165, 1.54) is 0 Å². The van der Waals surface area contributed by atoms with Gasteiger partial charge in [-0.3, -0.25) is 5.32 Å². The van der Waals surface area contributed by atoms with Gasteiger partial charge >= 0.3 is 0 Å². The molecule has 0 amide bonds. The zero-order valence-electron chi connectivity index (χ0n) is 12.5. The number of aliphatic hydroxyl groups is 1. The minimum absolute atomic E-state index is 0.560. The monoisotopic (exact) mass is 306 g/mol. The number of aromatic nitrogens is 2. The molecule has 3 rings (SSSR count). The molecule has 1 aromatic heterocycles. The summed E-state index contributed by atoms with van der Waals surface area (Å²) >= 11 is 0. The van der Waals surface area contributed by atoms with E-state index >= 15 is 0 Å². The maximum Gasteiger partial charge on any atom is 0.159 e. The Morgan fingerprint density at radius 2 is 1.39 bits per heavy atom. The van der Waals surface area contributed by atoms with Gasteiger partial charge in [0, 0.05) is 23.5 Å². The van der Waals surface area contributed by atoms with Crippen LogP contribution in [0, 0.1) is 0 Å². The third-order valence-electron chi connectivity index (χ3n) is 3.52. The molecule has 23 heavy (non-hydrogen) atoms. The number of aliphatic hydroxyl groups excluding tert-OH is 1. The number of hydrogen-bond acceptors (Lipinski definition) is 5. The van der Waals surface area contributed by atoms with Crippen molar-refractivity contribution in [2.75, 3.05) is 0 Å². The first kappa shape index (κ1) is 15.3. The molecule has 0 aliphatic heterocycles. The van der Waals surface area contributed by atoms with Gasteiger partial charge in [-0.15, -0.1) is 0 Å². The molecule has 0 saturated carbocycles. The number of benzene rings is 2. The van der Waals surface area contributed by atoms with Crippen LogP contribution in [0.15, 0.2) is 73.1 Å². The van der Waals surface area contributed by atoms with Gasteiger partial charge in [0.05, 0.1) is 6.17 Å². The Morgan fingerprint density at radius 1 is 0.826 bits per heavy atom. The van der Waals surface area contributed by atoms with Crippen molar-refractivity contribution in [2.45, 2.75) is 12.4 Å². The minimum Gasteiger partial charge on any atom is -0.374 e. The second-order valence-corrected chi connectivity index (χ2v) is 5.16. The highest BCUT2D eigenvalue weighted by molar-refractivity contribution is 5.54. The second-order valence-electron chi connectivity index (χ2n) is 5.16. The summed E-state index contributed by atoms with van der Waals surface area (Å²) in [5.74, 6) is 0.644. The minimum atomic E-state index is -0.847. The van der Waals surface area contributed by atoms with Crippen molar-refractivity contribution in [3.63, 3.8) is 0 Å². The molecule has 0 bridgehead atoms. The van der Waals surface area contributed by atoms with Crippen LogP contribution < -0.4 is 11.1 Å². The lowest BCUT2D eigenvalue weighted by molar-refractivity contribution is 0.124. The Balaban J connectivity index is 1.69. The predicted molar refractivity (Wildman–Crippen MR) is 88.9 cm³/mol. The molecular formula is C18H18N4O. The average molecular weight is 306 g/mol. The standard InChI is InChI=1S/C18H18N4O/c19-16(22-18(23)14-9-5-2-6-10-14)15-11-20-17(21-12-15)13-7-3-1-4-8-13/h1-12,16,18,22-23H,19H2. The van der Waals surface area contributed by atoms with Gasteiger partial charge in [-0.25, -0.2) is 9.97 Å². The van der Waals surface area contributed by atoms with Crippen molar-refractivity contribution in [3.05, 3.63) is 84.2 Å². The van der Waals surface area contributed by atoms with Gasteiger partial charge in [-0.2, -0.15) is 0 Å². The van der Waals surface area contributed by atoms with Gasteiger partial charge in [-0.1, -0.05) is 60.7 Å². The third-order valence-corrected chi connectivity index (χ3v) is 3.52. The summed E-state index contributed by atoms with van der Waals surface area (Å²) in [6, 6.07) is 19.0. The Labute approximate surface area is 134 Å². The molecule has 5 nitrogen and oxygen atoms in total. The van der Waals surface area contributed by atoms with Crippen molar-refractivity contribution in [1.82, 2.24) is 15.3 Å².